The van der Waals surface area contributed by atoms with Crippen LogP contribution in [-0.2, 0) is 62.6 Å². The van der Waals surface area contributed by atoms with Crippen molar-refractivity contribution in [2.75, 3.05) is 65.4 Å². The molecule has 24 heteroatoms. The topological polar surface area (TPSA) is 323 Å². The van der Waals surface area contributed by atoms with Crippen LogP contribution in [0.5, 0.6) is 11.8 Å². The van der Waals surface area contributed by atoms with Gasteiger partial charge in [0, 0.05) is 62.8 Å². The number of benzene rings is 2. The van der Waals surface area contributed by atoms with Gasteiger partial charge in [0.05, 0.1) is 45.3 Å². The Kier molecular flexibility index (Phi) is 21.9. The van der Waals surface area contributed by atoms with E-state index in [2.05, 4.69) is 59.8 Å². The molecule has 1 saturated heterocycles. The molecule has 8 amide bonds. The molecular formula is C56H71N13O11. The number of carbonyl (C=O) groups excluding carboxylic acids is 8. The molecule has 0 spiro atoms. The Morgan fingerprint density at radius 2 is 1.50 bits per heavy atom. The number of likely N-dealkylation sites (tertiary alicyclic amines) is 1. The Morgan fingerprint density at radius 3 is 2.21 bits per heavy atom. The van der Waals surface area contributed by atoms with Gasteiger partial charge in [-0.25, -0.2) is 0 Å². The van der Waals surface area contributed by atoms with Crippen molar-refractivity contribution in [3.05, 3.63) is 89.1 Å². The number of nitrogen functional groups attached to an aromatic ring is 1. The molecule has 7 rings (SSSR count). The number of piperidine rings is 1. The third-order valence-electron chi connectivity index (χ3n) is 13.9. The van der Waals surface area contributed by atoms with Crippen LogP contribution < -0.4 is 47.1 Å². The number of nitriles is 1. The highest BCUT2D eigenvalue weighted by molar-refractivity contribution is 6.12. The zero-order valence-electron chi connectivity index (χ0n) is 45.3. The third kappa shape index (κ3) is 17.5. The summed E-state index contributed by atoms with van der Waals surface area (Å²) in [6.07, 6.45) is 8.35. The molecule has 1 aliphatic carbocycles. The fraction of sp³-hybridized carbons (Fsp3) is 0.482. The Labute approximate surface area is 463 Å². The number of imide groups is 1. The standard InChI is InChI=1S/C56H71N13O11/c1-3-4-25-79-56-65-52(58)42-28-41(29-57)69(53(42)66-56)34-39-15-14-37(27-44(39)78-2)33-67-23-20-40(21-24-67)63-55(77)51(38-16-17-38)80-35-62-47(72)31-61-54(76)43(26-36-11-7-5-8-12-36)64-48(73)32-60-46(71)30-59-45(70)13-9-6-10-22-68-49(74)18-19-50(68)75/h5,7-8,11-12,14-15,18-19,27-28,38,40,43,51H,3-4,6,9-10,13,16-17,20-26,30-35H2,1-2H3,(H,59,70)(H,60,71)(H,61,76)(H,62,72)(H,63,77)(H,64,73)(H2,58,65,66)/t43-,51+/m0/s1. The summed E-state index contributed by atoms with van der Waals surface area (Å²) in [7, 11) is 1.61. The van der Waals surface area contributed by atoms with E-state index >= 15 is 0 Å². The smallest absolute Gasteiger partial charge is 0.320 e. The number of anilines is 1. The maximum atomic E-state index is 13.6. The van der Waals surface area contributed by atoms with Crippen molar-refractivity contribution in [1.29, 1.82) is 5.26 Å². The number of nitrogens with zero attached hydrogens (tertiary/aromatic N) is 6. The number of fused-ring (bicyclic) bond motifs is 1. The highest BCUT2D eigenvalue weighted by Gasteiger charge is 2.38. The summed E-state index contributed by atoms with van der Waals surface area (Å²) >= 11 is 0. The summed E-state index contributed by atoms with van der Waals surface area (Å²) < 4.78 is 19.3. The van der Waals surface area contributed by atoms with Crippen LogP contribution in [0.2, 0.25) is 0 Å². The molecule has 426 valence electrons. The van der Waals surface area contributed by atoms with Crippen LogP contribution in [0.25, 0.3) is 11.0 Å². The first kappa shape index (κ1) is 59.2. The minimum atomic E-state index is -1.11. The molecule has 2 atom stereocenters. The predicted octanol–water partition coefficient (Wildman–Crippen LogP) is 1.63. The molecule has 0 unspecified atom stereocenters. The number of nitrogens with one attached hydrogen (secondary N) is 6. The lowest BCUT2D eigenvalue weighted by Gasteiger charge is -2.33. The SMILES string of the molecule is CCCCOc1nc(N)c2cc(C#N)n(Cc3ccc(CN4CCC(NC(=O)[C@H](OCNC(=O)CNC(=O)[C@H](Cc5ccccc5)NC(=O)CNC(=O)CNC(=O)CCCCCN5C(=O)C=CC5=O)C5CC5)CC4)cc3OC)c2n1. The van der Waals surface area contributed by atoms with Gasteiger partial charge in [-0.3, -0.25) is 48.2 Å². The zero-order chi connectivity index (χ0) is 57.0. The minimum Gasteiger partial charge on any atom is -0.496 e. The van der Waals surface area contributed by atoms with E-state index in [1.165, 1.54) is 12.2 Å². The van der Waals surface area contributed by atoms with Crippen molar-refractivity contribution in [1.82, 2.24) is 56.2 Å². The van der Waals surface area contributed by atoms with Crippen molar-refractivity contribution in [3.8, 4) is 17.8 Å². The molecule has 3 aliphatic rings. The second kappa shape index (κ2) is 29.5. The van der Waals surface area contributed by atoms with Crippen molar-refractivity contribution in [2.45, 2.75) is 109 Å². The van der Waals surface area contributed by atoms with E-state index in [0.29, 0.717) is 61.4 Å². The van der Waals surface area contributed by atoms with Crippen molar-refractivity contribution in [3.63, 3.8) is 0 Å². The normalized spacial score (nSPS) is 15.2. The number of hydrogen-bond donors (Lipinski definition) is 7. The Bertz CT molecular complexity index is 2910. The number of rotatable bonds is 31. The van der Waals surface area contributed by atoms with E-state index < -0.39 is 48.9 Å². The van der Waals surface area contributed by atoms with Crippen molar-refractivity contribution < 1.29 is 52.6 Å². The summed E-state index contributed by atoms with van der Waals surface area (Å²) in [5, 5.41) is 26.4. The number of hydrogen-bond acceptors (Lipinski definition) is 16. The van der Waals surface area contributed by atoms with E-state index in [-0.39, 0.29) is 80.1 Å². The zero-order valence-corrected chi connectivity index (χ0v) is 45.3. The number of methoxy groups -OCH3 is 1. The Balaban J connectivity index is 0.801. The third-order valence-corrected chi connectivity index (χ3v) is 13.9. The lowest BCUT2D eigenvalue weighted by atomic mass is 10.0. The molecule has 2 aromatic carbocycles. The molecule has 80 heavy (non-hydrogen) atoms. The Hall–Kier alpha value is -8.43. The maximum Gasteiger partial charge on any atom is 0.320 e. The summed E-state index contributed by atoms with van der Waals surface area (Å²) in [4.78, 5) is 113. The van der Waals surface area contributed by atoms with Crippen LogP contribution in [-0.4, -0.2) is 149 Å². The van der Waals surface area contributed by atoms with Gasteiger partial charge in [0.25, 0.3) is 11.8 Å². The molecule has 1 saturated carbocycles. The van der Waals surface area contributed by atoms with E-state index in [0.717, 1.165) is 73.2 Å². The number of ether oxygens (including phenoxy) is 3. The fourth-order valence-electron chi connectivity index (χ4n) is 9.30. The molecule has 24 nitrogen and oxygen atoms in total. The molecule has 8 N–H and O–H groups in total. The molecule has 4 aromatic rings. The molecule has 0 bridgehead atoms. The summed E-state index contributed by atoms with van der Waals surface area (Å²) in [5.41, 5.74) is 9.77. The number of nitrogens with two attached hydrogens (primary N) is 1. The van der Waals surface area contributed by atoms with Gasteiger partial charge >= 0.3 is 6.01 Å². The maximum absolute atomic E-state index is 13.6. The van der Waals surface area contributed by atoms with E-state index in [1.807, 2.05) is 18.2 Å². The van der Waals surface area contributed by atoms with E-state index in [9.17, 15) is 43.6 Å². The van der Waals surface area contributed by atoms with E-state index in [4.69, 9.17) is 19.9 Å². The Morgan fingerprint density at radius 1 is 0.787 bits per heavy atom. The highest BCUT2D eigenvalue weighted by atomic mass is 16.5. The van der Waals surface area contributed by atoms with Gasteiger partial charge in [0.15, 0.2) is 5.65 Å². The number of aromatic nitrogens is 3. The van der Waals surface area contributed by atoms with E-state index in [1.54, 1.807) is 48.1 Å². The lowest BCUT2D eigenvalue weighted by molar-refractivity contribution is -0.138. The van der Waals surface area contributed by atoms with Crippen LogP contribution in [0.1, 0.15) is 93.5 Å². The minimum absolute atomic E-state index is 0.0145. The van der Waals surface area contributed by atoms with Crippen LogP contribution in [0.3, 0.4) is 0 Å². The van der Waals surface area contributed by atoms with Crippen LogP contribution >= 0.6 is 0 Å². The molecule has 4 heterocycles. The largest absolute Gasteiger partial charge is 0.496 e. The summed E-state index contributed by atoms with van der Waals surface area (Å²) in [6.45, 7) is 3.65. The van der Waals surface area contributed by atoms with Gasteiger partial charge in [-0.2, -0.15) is 15.2 Å². The van der Waals surface area contributed by atoms with Crippen LogP contribution in [0.15, 0.2) is 66.7 Å². The molecule has 0 radical (unpaired) electrons. The quantitative estimate of drug-likeness (QED) is 0.0214. The molecule has 2 fully saturated rings. The molecule has 2 aliphatic heterocycles. The van der Waals surface area contributed by atoms with Gasteiger partial charge in [-0.15, -0.1) is 0 Å². The first-order chi connectivity index (χ1) is 38.7. The first-order valence-electron chi connectivity index (χ1n) is 27.2. The molecule has 2 aromatic heterocycles. The summed E-state index contributed by atoms with van der Waals surface area (Å²) in [5.74, 6) is -2.95. The number of carbonyl (C=O) groups is 8. The second-order valence-corrected chi connectivity index (χ2v) is 20.0. The second-order valence-electron chi connectivity index (χ2n) is 20.0. The van der Waals surface area contributed by atoms with Gasteiger partial charge < -0.3 is 56.4 Å². The summed E-state index contributed by atoms with van der Waals surface area (Å²) in [6, 6.07) is 17.9. The average molecular weight is 1100 g/mol. The van der Waals surface area contributed by atoms with Crippen molar-refractivity contribution >= 4 is 64.1 Å². The van der Waals surface area contributed by atoms with Crippen LogP contribution in [0, 0.1) is 17.2 Å². The first-order valence-corrected chi connectivity index (χ1v) is 27.2. The number of amides is 8. The van der Waals surface area contributed by atoms with Gasteiger partial charge in [0.2, 0.25) is 35.4 Å². The number of unbranched alkanes of at least 4 members (excludes halogenated alkanes) is 3. The monoisotopic (exact) mass is 1100 g/mol. The molecular weight excluding hydrogens is 1030 g/mol. The van der Waals surface area contributed by atoms with Gasteiger partial charge in [-0.05, 0) is 74.1 Å². The lowest BCUT2D eigenvalue weighted by Crippen LogP contribution is -2.52. The van der Waals surface area contributed by atoms with Crippen LogP contribution in [0.4, 0.5) is 5.82 Å². The van der Waals surface area contributed by atoms with Gasteiger partial charge in [0.1, 0.15) is 42.2 Å². The van der Waals surface area contributed by atoms with Gasteiger partial charge in [-0.1, -0.05) is 62.2 Å². The van der Waals surface area contributed by atoms with Crippen molar-refractivity contribution in [2.24, 2.45) is 5.92 Å². The predicted molar refractivity (Wildman–Crippen MR) is 292 cm³/mol. The average Bonchev–Trinajstić information content (AvgIpc) is 4.19. The fourth-order valence-corrected chi connectivity index (χ4v) is 9.30. The highest BCUT2D eigenvalue weighted by Crippen LogP contribution is 2.35.